The van der Waals surface area contributed by atoms with E-state index in [0.29, 0.717) is 56.9 Å². The number of hydrogen-bond acceptors (Lipinski definition) is 7. The van der Waals surface area contributed by atoms with Crippen LogP contribution in [0.1, 0.15) is 50.7 Å². The Morgan fingerprint density at radius 2 is 1.84 bits per heavy atom. The van der Waals surface area contributed by atoms with Crippen molar-refractivity contribution in [3.05, 3.63) is 62.5 Å². The number of benzene rings is 2. The molecular formula is C27H29Cl2NO5S2. The summed E-state index contributed by atoms with van der Waals surface area (Å²) in [5.41, 5.74) is 1.61. The third kappa shape index (κ3) is 8.64. The van der Waals surface area contributed by atoms with Gasteiger partial charge in [0.1, 0.15) is 10.9 Å². The average Bonchev–Trinajstić information content (AvgIpc) is 3.12. The van der Waals surface area contributed by atoms with Gasteiger partial charge in [0.25, 0.3) is 5.91 Å². The highest BCUT2D eigenvalue weighted by atomic mass is 35.5. The van der Waals surface area contributed by atoms with E-state index < -0.39 is 0 Å². The lowest BCUT2D eigenvalue weighted by atomic mass is 10.1. The molecule has 1 aliphatic rings. The Morgan fingerprint density at radius 3 is 2.57 bits per heavy atom. The van der Waals surface area contributed by atoms with E-state index in [2.05, 4.69) is 0 Å². The molecule has 0 saturated carbocycles. The molecule has 0 unspecified atom stereocenters. The van der Waals surface area contributed by atoms with Gasteiger partial charge in [-0.3, -0.25) is 14.5 Å². The van der Waals surface area contributed by atoms with Crippen LogP contribution in [-0.4, -0.2) is 40.9 Å². The van der Waals surface area contributed by atoms with Crippen molar-refractivity contribution in [2.75, 3.05) is 19.8 Å². The lowest BCUT2D eigenvalue weighted by molar-refractivity contribution is -0.143. The lowest BCUT2D eigenvalue weighted by Crippen LogP contribution is -2.29. The lowest BCUT2D eigenvalue weighted by Gasteiger charge is -2.14. The van der Waals surface area contributed by atoms with Crippen molar-refractivity contribution in [2.45, 2.75) is 46.1 Å². The molecule has 1 saturated heterocycles. The Morgan fingerprint density at radius 1 is 1.03 bits per heavy atom. The maximum Gasteiger partial charge on any atom is 0.305 e. The van der Waals surface area contributed by atoms with Crippen LogP contribution in [0.25, 0.3) is 6.08 Å². The van der Waals surface area contributed by atoms with Crippen LogP contribution in [-0.2, 0) is 20.9 Å². The van der Waals surface area contributed by atoms with Gasteiger partial charge in [0, 0.05) is 28.6 Å². The molecule has 0 aromatic heterocycles. The van der Waals surface area contributed by atoms with Crippen LogP contribution in [0.15, 0.2) is 41.3 Å². The Balaban J connectivity index is 1.62. The van der Waals surface area contributed by atoms with E-state index in [4.69, 9.17) is 49.6 Å². The van der Waals surface area contributed by atoms with E-state index in [1.165, 1.54) is 11.8 Å². The zero-order chi connectivity index (χ0) is 26.8. The molecule has 37 heavy (non-hydrogen) atoms. The quantitative estimate of drug-likeness (QED) is 0.106. The molecule has 0 atom stereocenters. The second kappa shape index (κ2) is 14.6. The predicted octanol–water partition coefficient (Wildman–Crippen LogP) is 7.30. The number of ether oxygens (including phenoxy) is 3. The Bertz CT molecular complexity index is 1170. The number of hydrogen-bond donors (Lipinski definition) is 0. The summed E-state index contributed by atoms with van der Waals surface area (Å²) in [5.74, 6) is 0.836. The van der Waals surface area contributed by atoms with Crippen LogP contribution in [0.4, 0.5) is 0 Å². The molecular weight excluding hydrogens is 553 g/mol. The van der Waals surface area contributed by atoms with E-state index in [9.17, 15) is 9.59 Å². The van der Waals surface area contributed by atoms with Gasteiger partial charge < -0.3 is 14.2 Å². The van der Waals surface area contributed by atoms with E-state index in [1.807, 2.05) is 37.3 Å². The minimum Gasteiger partial charge on any atom is -0.490 e. The molecule has 1 aliphatic heterocycles. The van der Waals surface area contributed by atoms with Gasteiger partial charge in [-0.15, -0.1) is 0 Å². The number of nitrogens with zero attached hydrogens (tertiary/aromatic N) is 1. The van der Waals surface area contributed by atoms with Gasteiger partial charge >= 0.3 is 5.97 Å². The zero-order valence-electron chi connectivity index (χ0n) is 20.8. The molecule has 1 fully saturated rings. The largest absolute Gasteiger partial charge is 0.490 e. The van der Waals surface area contributed by atoms with Crippen molar-refractivity contribution >= 4 is 69.5 Å². The topological polar surface area (TPSA) is 65.1 Å². The maximum atomic E-state index is 13.0. The van der Waals surface area contributed by atoms with Crippen molar-refractivity contribution < 1.29 is 23.8 Å². The first kappa shape index (κ1) is 29.3. The molecule has 1 amide bonds. The number of thioether (sulfide) groups is 1. The summed E-state index contributed by atoms with van der Waals surface area (Å²) in [7, 11) is 0. The summed E-state index contributed by atoms with van der Waals surface area (Å²) < 4.78 is 17.2. The van der Waals surface area contributed by atoms with Crippen molar-refractivity contribution in [1.29, 1.82) is 0 Å². The van der Waals surface area contributed by atoms with Gasteiger partial charge in [0.15, 0.2) is 11.5 Å². The molecule has 198 valence electrons. The fourth-order valence-electron chi connectivity index (χ4n) is 3.59. The zero-order valence-corrected chi connectivity index (χ0v) is 23.9. The van der Waals surface area contributed by atoms with Crippen LogP contribution in [0.2, 0.25) is 10.0 Å². The predicted molar refractivity (Wildman–Crippen MR) is 153 cm³/mol. The van der Waals surface area contributed by atoms with E-state index in [0.717, 1.165) is 30.4 Å². The first-order chi connectivity index (χ1) is 17.8. The fourth-order valence-corrected chi connectivity index (χ4v) is 5.36. The van der Waals surface area contributed by atoms with Gasteiger partial charge in [-0.25, -0.2) is 0 Å². The number of carbonyl (C=O) groups is 2. The first-order valence-electron chi connectivity index (χ1n) is 12.1. The monoisotopic (exact) mass is 581 g/mol. The standard InChI is InChI=1S/C27H29Cl2NO5S2/c1-3-33-23-14-18(9-12-22(23)35-17-19-10-11-20(28)16-21(19)29)15-24-26(32)30(27(36)37-24)13-7-5-6-8-25(31)34-4-2/h9-12,14-16H,3-8,13,17H2,1-2H3/b24-15-. The Labute approximate surface area is 237 Å². The minimum absolute atomic E-state index is 0.115. The first-order valence-corrected chi connectivity index (χ1v) is 14.0. The SMILES string of the molecule is CCOC(=O)CCCCCN1C(=O)/C(=C/c2ccc(OCc3ccc(Cl)cc3Cl)c(OCC)c2)SC1=S. The van der Waals surface area contributed by atoms with Gasteiger partial charge in [-0.05, 0) is 62.6 Å². The number of carbonyl (C=O) groups excluding carboxylic acids is 2. The molecule has 6 nitrogen and oxygen atoms in total. The van der Waals surface area contributed by atoms with Crippen molar-refractivity contribution in [1.82, 2.24) is 4.90 Å². The van der Waals surface area contributed by atoms with Crippen molar-refractivity contribution in [2.24, 2.45) is 0 Å². The number of rotatable bonds is 13. The number of thiocarbonyl (C=S) groups is 1. The van der Waals surface area contributed by atoms with Crippen LogP contribution in [0.3, 0.4) is 0 Å². The summed E-state index contributed by atoms with van der Waals surface area (Å²) in [4.78, 5) is 26.6. The Hall–Kier alpha value is -2.26. The summed E-state index contributed by atoms with van der Waals surface area (Å²) in [5, 5.41) is 1.09. The molecule has 0 radical (unpaired) electrons. The summed E-state index contributed by atoms with van der Waals surface area (Å²) in [6.07, 6.45) is 4.50. The van der Waals surface area contributed by atoms with Gasteiger partial charge in [-0.1, -0.05) is 65.7 Å². The van der Waals surface area contributed by atoms with E-state index >= 15 is 0 Å². The second-order valence-electron chi connectivity index (χ2n) is 8.11. The van der Waals surface area contributed by atoms with Crippen LogP contribution in [0.5, 0.6) is 11.5 Å². The highest BCUT2D eigenvalue weighted by Crippen LogP contribution is 2.35. The molecule has 0 N–H and O–H groups in total. The Kier molecular flexibility index (Phi) is 11.6. The molecule has 10 heteroatoms. The smallest absolute Gasteiger partial charge is 0.305 e. The molecule has 0 spiro atoms. The number of halogens is 2. The minimum atomic E-state index is -0.187. The van der Waals surface area contributed by atoms with Crippen LogP contribution >= 0.6 is 47.2 Å². The number of amides is 1. The fraction of sp³-hybridized carbons (Fsp3) is 0.370. The molecule has 1 heterocycles. The average molecular weight is 583 g/mol. The third-order valence-electron chi connectivity index (χ3n) is 5.41. The summed E-state index contributed by atoms with van der Waals surface area (Å²) >= 11 is 19.0. The molecule has 2 aromatic rings. The van der Waals surface area contributed by atoms with Crippen molar-refractivity contribution in [3.8, 4) is 11.5 Å². The van der Waals surface area contributed by atoms with Gasteiger partial charge in [0.2, 0.25) is 0 Å². The number of unbranched alkanes of at least 4 members (excludes halogenated alkanes) is 2. The van der Waals surface area contributed by atoms with E-state index in [-0.39, 0.29) is 18.5 Å². The van der Waals surface area contributed by atoms with Crippen molar-refractivity contribution in [3.63, 3.8) is 0 Å². The highest BCUT2D eigenvalue weighted by molar-refractivity contribution is 8.26. The van der Waals surface area contributed by atoms with Crippen LogP contribution < -0.4 is 9.47 Å². The highest BCUT2D eigenvalue weighted by Gasteiger charge is 2.31. The summed E-state index contributed by atoms with van der Waals surface area (Å²) in [6.45, 7) is 5.31. The second-order valence-corrected chi connectivity index (χ2v) is 10.6. The molecule has 0 aliphatic carbocycles. The van der Waals surface area contributed by atoms with Gasteiger partial charge in [0.05, 0.1) is 18.1 Å². The third-order valence-corrected chi connectivity index (χ3v) is 7.37. The number of esters is 1. The van der Waals surface area contributed by atoms with E-state index in [1.54, 1.807) is 24.0 Å². The molecule has 2 aromatic carbocycles. The maximum absolute atomic E-state index is 13.0. The van der Waals surface area contributed by atoms with Gasteiger partial charge in [-0.2, -0.15) is 0 Å². The molecule has 0 bridgehead atoms. The molecule has 3 rings (SSSR count). The summed E-state index contributed by atoms with van der Waals surface area (Å²) in [6, 6.07) is 10.8. The normalized spacial score (nSPS) is 14.4. The van der Waals surface area contributed by atoms with Crippen LogP contribution in [0, 0.1) is 0 Å².